The molecule has 0 radical (unpaired) electrons. The van der Waals surface area contributed by atoms with Gasteiger partial charge in [0.1, 0.15) is 0 Å². The molecule has 0 bridgehead atoms. The number of rotatable bonds is 9. The van der Waals surface area contributed by atoms with Crippen molar-refractivity contribution in [2.75, 3.05) is 0 Å². The minimum Gasteiger partial charge on any atom is -0.0952 e. The van der Waals surface area contributed by atoms with Crippen LogP contribution in [0.1, 0.15) is 130 Å². The average Bonchev–Trinajstić information content (AvgIpc) is 2.90. The molecule has 1 fully saturated rings. The summed E-state index contributed by atoms with van der Waals surface area (Å²) in [6, 6.07) is 0. The summed E-state index contributed by atoms with van der Waals surface area (Å²) in [4.78, 5) is 0. The van der Waals surface area contributed by atoms with Crippen molar-refractivity contribution in [3.63, 3.8) is 0 Å². The quantitative estimate of drug-likeness (QED) is 0.249. The van der Waals surface area contributed by atoms with Crippen LogP contribution >= 0.6 is 0 Å². The van der Waals surface area contributed by atoms with Crippen molar-refractivity contribution in [1.82, 2.24) is 0 Å². The van der Waals surface area contributed by atoms with E-state index in [2.05, 4.69) is 46.9 Å². The van der Waals surface area contributed by atoms with Gasteiger partial charge in [-0.25, -0.2) is 0 Å². The van der Waals surface area contributed by atoms with Crippen molar-refractivity contribution in [3.8, 4) is 0 Å². The lowest BCUT2D eigenvalue weighted by atomic mass is 9.68. The monoisotopic (exact) mass is 436 g/mol. The Labute approximate surface area is 200 Å². The van der Waals surface area contributed by atoms with Crippen LogP contribution in [0.4, 0.5) is 0 Å². The molecule has 0 aromatic carbocycles. The Hall–Kier alpha value is -1.04. The molecule has 3 aliphatic carbocycles. The second kappa shape index (κ2) is 11.9. The molecule has 0 aliphatic heterocycles. The highest BCUT2D eigenvalue weighted by atomic mass is 14.4. The molecule has 3 rings (SSSR count). The molecule has 3 unspecified atom stereocenters. The van der Waals surface area contributed by atoms with E-state index in [0.29, 0.717) is 5.41 Å². The zero-order valence-corrected chi connectivity index (χ0v) is 22.0. The minimum atomic E-state index is 0.573. The fourth-order valence-electron chi connectivity index (χ4n) is 7.35. The van der Waals surface area contributed by atoms with Crippen molar-refractivity contribution in [2.24, 2.45) is 23.2 Å². The number of hydrogen-bond donors (Lipinski definition) is 0. The predicted octanol–water partition coefficient (Wildman–Crippen LogP) is 10.5. The molecular weight excluding hydrogens is 384 g/mol. The van der Waals surface area contributed by atoms with E-state index in [1.165, 1.54) is 113 Å². The fourth-order valence-corrected chi connectivity index (χ4v) is 7.35. The normalized spacial score (nSPS) is 27.2. The Morgan fingerprint density at radius 1 is 1.09 bits per heavy atom. The fraction of sp³-hybridized carbons (Fsp3) is 0.750. The van der Waals surface area contributed by atoms with Gasteiger partial charge in [-0.05, 0) is 111 Å². The molecular formula is C32H52. The molecule has 3 aliphatic rings. The van der Waals surface area contributed by atoms with Gasteiger partial charge in [0, 0.05) is 0 Å². The SMILES string of the molecule is C=C(CC)C1=C(CCCCCC(C)C2CCC(C)=CC2C)CC2(CCCCC2)CCC1=C. The summed E-state index contributed by atoms with van der Waals surface area (Å²) < 4.78 is 0. The van der Waals surface area contributed by atoms with Crippen molar-refractivity contribution < 1.29 is 0 Å². The largest absolute Gasteiger partial charge is 0.0952 e. The summed E-state index contributed by atoms with van der Waals surface area (Å²) in [6.07, 6.45) is 24.3. The van der Waals surface area contributed by atoms with E-state index in [1.54, 1.807) is 11.1 Å². The Kier molecular flexibility index (Phi) is 9.51. The molecule has 0 N–H and O–H groups in total. The molecule has 0 aromatic heterocycles. The van der Waals surface area contributed by atoms with Crippen molar-refractivity contribution >= 4 is 0 Å². The van der Waals surface area contributed by atoms with Crippen LogP contribution in [0.5, 0.6) is 0 Å². The van der Waals surface area contributed by atoms with E-state index in [-0.39, 0.29) is 0 Å². The summed E-state index contributed by atoms with van der Waals surface area (Å²) in [7, 11) is 0. The van der Waals surface area contributed by atoms with E-state index in [4.69, 9.17) is 0 Å². The topological polar surface area (TPSA) is 0 Å². The first-order valence-corrected chi connectivity index (χ1v) is 14.1. The molecule has 0 heterocycles. The summed E-state index contributed by atoms with van der Waals surface area (Å²) in [5, 5.41) is 0. The Morgan fingerprint density at radius 2 is 1.84 bits per heavy atom. The van der Waals surface area contributed by atoms with E-state index in [0.717, 1.165) is 24.2 Å². The van der Waals surface area contributed by atoms with Crippen LogP contribution in [0.2, 0.25) is 0 Å². The third kappa shape index (κ3) is 6.51. The van der Waals surface area contributed by atoms with Crippen LogP contribution in [0, 0.1) is 23.2 Å². The van der Waals surface area contributed by atoms with Gasteiger partial charge < -0.3 is 0 Å². The molecule has 3 atom stereocenters. The molecule has 0 amide bonds. The number of hydrogen-bond acceptors (Lipinski definition) is 0. The third-order valence-corrected chi connectivity index (χ3v) is 9.41. The highest BCUT2D eigenvalue weighted by Gasteiger charge is 2.35. The van der Waals surface area contributed by atoms with Crippen LogP contribution in [0.25, 0.3) is 0 Å². The molecule has 32 heavy (non-hydrogen) atoms. The van der Waals surface area contributed by atoms with Gasteiger partial charge in [0.05, 0.1) is 0 Å². The zero-order valence-electron chi connectivity index (χ0n) is 22.0. The van der Waals surface area contributed by atoms with Crippen LogP contribution in [-0.4, -0.2) is 0 Å². The lowest BCUT2D eigenvalue weighted by molar-refractivity contribution is 0.172. The molecule has 0 saturated heterocycles. The highest BCUT2D eigenvalue weighted by molar-refractivity contribution is 5.48. The number of allylic oxidation sites excluding steroid dienone is 6. The van der Waals surface area contributed by atoms with Gasteiger partial charge in [0.15, 0.2) is 0 Å². The summed E-state index contributed by atoms with van der Waals surface area (Å²) in [6.45, 7) is 18.6. The van der Waals surface area contributed by atoms with Gasteiger partial charge in [-0.15, -0.1) is 0 Å². The smallest absolute Gasteiger partial charge is 0.0212 e. The maximum absolute atomic E-state index is 4.56. The minimum absolute atomic E-state index is 0.573. The van der Waals surface area contributed by atoms with E-state index < -0.39 is 0 Å². The second-order valence-electron chi connectivity index (χ2n) is 11.9. The van der Waals surface area contributed by atoms with Crippen LogP contribution < -0.4 is 0 Å². The molecule has 1 saturated carbocycles. The molecule has 180 valence electrons. The van der Waals surface area contributed by atoms with E-state index in [1.807, 2.05) is 0 Å². The lowest BCUT2D eigenvalue weighted by Gasteiger charge is -2.37. The van der Waals surface area contributed by atoms with Crippen LogP contribution in [0.15, 0.2) is 47.1 Å². The zero-order chi connectivity index (χ0) is 23.1. The average molecular weight is 437 g/mol. The first-order valence-electron chi connectivity index (χ1n) is 14.1. The van der Waals surface area contributed by atoms with Gasteiger partial charge >= 0.3 is 0 Å². The highest BCUT2D eigenvalue weighted by Crippen LogP contribution is 2.50. The number of unbranched alkanes of at least 4 members (excludes halogenated alkanes) is 2. The first-order chi connectivity index (χ1) is 15.3. The Bertz CT molecular complexity index is 708. The van der Waals surface area contributed by atoms with Gasteiger partial charge in [0.25, 0.3) is 0 Å². The van der Waals surface area contributed by atoms with Crippen molar-refractivity contribution in [3.05, 3.63) is 47.1 Å². The second-order valence-corrected chi connectivity index (χ2v) is 11.9. The summed E-state index contributed by atoms with van der Waals surface area (Å²) in [5.74, 6) is 2.54. The molecule has 0 nitrogen and oxygen atoms in total. The standard InChI is InChI=1S/C32H52/c1-7-25(3)31-27(5)18-21-32(19-12-9-13-20-32)23-29(31)15-11-8-10-14-26(4)30-17-16-24(2)22-28(30)6/h22,26,28,30H,3,5,7-21,23H2,1-2,4,6H3. The third-order valence-electron chi connectivity index (χ3n) is 9.41. The molecule has 0 heteroatoms. The predicted molar refractivity (Wildman–Crippen MR) is 143 cm³/mol. The van der Waals surface area contributed by atoms with Crippen LogP contribution in [-0.2, 0) is 0 Å². The summed E-state index contributed by atoms with van der Waals surface area (Å²) in [5.41, 5.74) is 8.18. The maximum Gasteiger partial charge on any atom is -0.0212 e. The van der Waals surface area contributed by atoms with E-state index >= 15 is 0 Å². The lowest BCUT2D eigenvalue weighted by Crippen LogP contribution is -2.24. The van der Waals surface area contributed by atoms with E-state index in [9.17, 15) is 0 Å². The Morgan fingerprint density at radius 3 is 2.53 bits per heavy atom. The van der Waals surface area contributed by atoms with Gasteiger partial charge in [-0.1, -0.05) is 89.7 Å². The first kappa shape index (κ1) is 25.6. The molecule has 1 spiro atoms. The van der Waals surface area contributed by atoms with Gasteiger partial charge in [0.2, 0.25) is 0 Å². The Balaban J connectivity index is 1.56. The van der Waals surface area contributed by atoms with Crippen molar-refractivity contribution in [1.29, 1.82) is 0 Å². The maximum atomic E-state index is 4.56. The van der Waals surface area contributed by atoms with Gasteiger partial charge in [-0.3, -0.25) is 0 Å². The molecule has 0 aromatic rings. The van der Waals surface area contributed by atoms with Gasteiger partial charge in [-0.2, -0.15) is 0 Å². The van der Waals surface area contributed by atoms with Crippen LogP contribution in [0.3, 0.4) is 0 Å². The van der Waals surface area contributed by atoms with Crippen molar-refractivity contribution in [2.45, 2.75) is 130 Å². The summed E-state index contributed by atoms with van der Waals surface area (Å²) >= 11 is 0.